The van der Waals surface area contributed by atoms with E-state index in [1.807, 2.05) is 37.1 Å². The number of hydrogen-bond donors (Lipinski definition) is 0. The van der Waals surface area contributed by atoms with Gasteiger partial charge in [0.05, 0.1) is 13.7 Å². The molecule has 0 aromatic heterocycles. The van der Waals surface area contributed by atoms with Gasteiger partial charge in [-0.2, -0.15) is 0 Å². The van der Waals surface area contributed by atoms with Gasteiger partial charge in [0.2, 0.25) is 0 Å². The highest BCUT2D eigenvalue weighted by Gasteiger charge is 2.03. The number of ether oxygens (including phenoxy) is 1. The lowest BCUT2D eigenvalue weighted by molar-refractivity contribution is -0.106. The van der Waals surface area contributed by atoms with Gasteiger partial charge in [-0.05, 0) is 30.7 Å². The number of likely N-dealkylation sites (N-methyl/N-ethyl adjacent to an activating group) is 1. The van der Waals surface area contributed by atoms with Crippen molar-refractivity contribution in [2.24, 2.45) is 0 Å². The fraction of sp³-hybridized carbons (Fsp3) is 0.364. The number of carbonyl (C=O) groups excluding carboxylic acids is 1. The molecule has 0 aliphatic carbocycles. The maximum Gasteiger partial charge on any atom is 0.139 e. The molecular formula is C11H15NO2. The van der Waals surface area contributed by atoms with Crippen molar-refractivity contribution in [1.82, 2.24) is 0 Å². The molecule has 3 nitrogen and oxygen atoms in total. The smallest absolute Gasteiger partial charge is 0.139 e. The molecule has 0 saturated carbocycles. The van der Waals surface area contributed by atoms with E-state index < -0.39 is 0 Å². The summed E-state index contributed by atoms with van der Waals surface area (Å²) in [5.74, 6) is 0.869. The third-order valence-electron chi connectivity index (χ3n) is 2.17. The third kappa shape index (κ3) is 2.25. The van der Waals surface area contributed by atoms with Crippen molar-refractivity contribution in [2.45, 2.75) is 6.92 Å². The average molecular weight is 193 g/mol. The summed E-state index contributed by atoms with van der Waals surface area (Å²) in [5, 5.41) is 0. The van der Waals surface area contributed by atoms with Crippen molar-refractivity contribution in [1.29, 1.82) is 0 Å². The Morgan fingerprint density at radius 1 is 1.50 bits per heavy atom. The zero-order chi connectivity index (χ0) is 10.6. The number of benzene rings is 1. The number of aldehydes is 1. The molecular weight excluding hydrogens is 178 g/mol. The predicted molar refractivity (Wildman–Crippen MR) is 57.1 cm³/mol. The van der Waals surface area contributed by atoms with Crippen LogP contribution in [0.1, 0.15) is 5.56 Å². The fourth-order valence-electron chi connectivity index (χ4n) is 1.32. The highest BCUT2D eigenvalue weighted by atomic mass is 16.5. The Balaban J connectivity index is 2.90. The maximum atomic E-state index is 10.3. The fourth-order valence-corrected chi connectivity index (χ4v) is 1.32. The topological polar surface area (TPSA) is 29.5 Å². The van der Waals surface area contributed by atoms with Crippen LogP contribution >= 0.6 is 0 Å². The van der Waals surface area contributed by atoms with Gasteiger partial charge >= 0.3 is 0 Å². The molecule has 0 heterocycles. The molecule has 1 rings (SSSR count). The number of methoxy groups -OCH3 is 1. The molecule has 0 unspecified atom stereocenters. The van der Waals surface area contributed by atoms with Crippen LogP contribution in [0.3, 0.4) is 0 Å². The number of nitrogens with zero attached hydrogens (tertiary/aromatic N) is 1. The first-order chi connectivity index (χ1) is 6.69. The number of rotatable bonds is 4. The minimum Gasteiger partial charge on any atom is -0.496 e. The second-order valence-electron chi connectivity index (χ2n) is 3.20. The predicted octanol–water partition coefficient (Wildman–Crippen LogP) is 1.64. The highest BCUT2D eigenvalue weighted by molar-refractivity contribution is 5.62. The Bertz CT molecular complexity index is 323. The van der Waals surface area contributed by atoms with Crippen molar-refractivity contribution in [3.05, 3.63) is 23.8 Å². The summed E-state index contributed by atoms with van der Waals surface area (Å²) in [5.41, 5.74) is 2.10. The van der Waals surface area contributed by atoms with E-state index in [2.05, 4.69) is 0 Å². The van der Waals surface area contributed by atoms with E-state index >= 15 is 0 Å². The average Bonchev–Trinajstić information content (AvgIpc) is 2.18. The molecule has 0 radical (unpaired) electrons. The van der Waals surface area contributed by atoms with Gasteiger partial charge in [-0.3, -0.25) is 0 Å². The number of anilines is 1. The zero-order valence-electron chi connectivity index (χ0n) is 8.78. The van der Waals surface area contributed by atoms with Gasteiger partial charge in [0.15, 0.2) is 0 Å². The Hall–Kier alpha value is -1.51. The maximum absolute atomic E-state index is 10.3. The molecule has 0 N–H and O–H groups in total. The summed E-state index contributed by atoms with van der Waals surface area (Å²) in [4.78, 5) is 12.2. The molecule has 76 valence electrons. The van der Waals surface area contributed by atoms with Crippen LogP contribution in [0.25, 0.3) is 0 Å². The largest absolute Gasteiger partial charge is 0.496 e. The molecule has 3 heteroatoms. The van der Waals surface area contributed by atoms with Crippen LogP contribution in [0.4, 0.5) is 5.69 Å². The first-order valence-corrected chi connectivity index (χ1v) is 4.48. The molecule has 0 saturated heterocycles. The molecule has 0 bridgehead atoms. The second kappa shape index (κ2) is 4.65. The van der Waals surface area contributed by atoms with Gasteiger partial charge in [0.25, 0.3) is 0 Å². The van der Waals surface area contributed by atoms with E-state index in [1.165, 1.54) is 0 Å². The molecule has 14 heavy (non-hydrogen) atoms. The van der Waals surface area contributed by atoms with Crippen LogP contribution < -0.4 is 9.64 Å². The normalized spacial score (nSPS) is 9.64. The Labute approximate surface area is 84.3 Å². The standard InChI is InChI=1S/C11H15NO2/c1-9-8-10(12(2)6-7-13)4-5-11(9)14-3/h4-5,7-8H,6H2,1-3H3. The van der Waals surface area contributed by atoms with E-state index in [-0.39, 0.29) is 0 Å². The van der Waals surface area contributed by atoms with Crippen molar-refractivity contribution < 1.29 is 9.53 Å². The highest BCUT2D eigenvalue weighted by Crippen LogP contribution is 2.22. The van der Waals surface area contributed by atoms with Gasteiger partial charge < -0.3 is 14.4 Å². The third-order valence-corrected chi connectivity index (χ3v) is 2.17. The molecule has 1 aromatic rings. The van der Waals surface area contributed by atoms with Gasteiger partial charge in [0.1, 0.15) is 12.0 Å². The molecule has 0 fully saturated rings. The summed E-state index contributed by atoms with van der Waals surface area (Å²) in [6.07, 6.45) is 0.888. The van der Waals surface area contributed by atoms with Crippen LogP contribution in [0, 0.1) is 6.92 Å². The van der Waals surface area contributed by atoms with Gasteiger partial charge in [-0.25, -0.2) is 0 Å². The minimum atomic E-state index is 0.409. The molecule has 0 spiro atoms. The van der Waals surface area contributed by atoms with Crippen molar-refractivity contribution in [3.8, 4) is 5.75 Å². The van der Waals surface area contributed by atoms with Crippen molar-refractivity contribution in [2.75, 3.05) is 25.6 Å². The van der Waals surface area contributed by atoms with Crippen LogP contribution in [0.2, 0.25) is 0 Å². The van der Waals surface area contributed by atoms with Crippen molar-refractivity contribution >= 4 is 12.0 Å². The van der Waals surface area contributed by atoms with E-state index in [0.717, 1.165) is 23.3 Å². The molecule has 0 aliphatic heterocycles. The molecule has 0 aliphatic rings. The van der Waals surface area contributed by atoms with Gasteiger partial charge in [-0.15, -0.1) is 0 Å². The minimum absolute atomic E-state index is 0.409. The quantitative estimate of drug-likeness (QED) is 0.681. The number of carbonyl (C=O) groups is 1. The summed E-state index contributed by atoms with van der Waals surface area (Å²) in [6.45, 7) is 2.39. The first kappa shape index (κ1) is 10.6. The molecule has 0 amide bonds. The summed E-state index contributed by atoms with van der Waals surface area (Å²) >= 11 is 0. The monoisotopic (exact) mass is 193 g/mol. The lowest BCUT2D eigenvalue weighted by atomic mass is 10.2. The van der Waals surface area contributed by atoms with Crippen LogP contribution in [0.15, 0.2) is 18.2 Å². The number of aryl methyl sites for hydroxylation is 1. The Morgan fingerprint density at radius 2 is 2.21 bits per heavy atom. The lowest BCUT2D eigenvalue weighted by Gasteiger charge is -2.17. The van der Waals surface area contributed by atoms with Crippen LogP contribution in [-0.4, -0.2) is 27.0 Å². The zero-order valence-corrected chi connectivity index (χ0v) is 8.78. The summed E-state index contributed by atoms with van der Waals surface area (Å²) in [6, 6.07) is 5.85. The first-order valence-electron chi connectivity index (χ1n) is 4.48. The van der Waals surface area contributed by atoms with Crippen LogP contribution in [0.5, 0.6) is 5.75 Å². The second-order valence-corrected chi connectivity index (χ2v) is 3.20. The van der Waals surface area contributed by atoms with E-state index in [0.29, 0.717) is 6.54 Å². The van der Waals surface area contributed by atoms with E-state index in [4.69, 9.17) is 4.74 Å². The van der Waals surface area contributed by atoms with Crippen molar-refractivity contribution in [3.63, 3.8) is 0 Å². The summed E-state index contributed by atoms with van der Waals surface area (Å²) in [7, 11) is 3.53. The van der Waals surface area contributed by atoms with Crippen LogP contribution in [-0.2, 0) is 4.79 Å². The molecule has 0 atom stereocenters. The number of hydrogen-bond acceptors (Lipinski definition) is 3. The SMILES string of the molecule is COc1ccc(N(C)CC=O)cc1C. The van der Waals surface area contributed by atoms with Gasteiger partial charge in [0, 0.05) is 12.7 Å². The summed E-state index contributed by atoms with van der Waals surface area (Å²) < 4.78 is 5.15. The van der Waals surface area contributed by atoms with E-state index in [1.54, 1.807) is 7.11 Å². The lowest BCUT2D eigenvalue weighted by Crippen LogP contribution is -2.19. The molecule has 1 aromatic carbocycles. The Morgan fingerprint density at radius 3 is 2.71 bits per heavy atom. The van der Waals surface area contributed by atoms with Gasteiger partial charge in [-0.1, -0.05) is 0 Å². The Kier molecular flexibility index (Phi) is 3.51. The van der Waals surface area contributed by atoms with E-state index in [9.17, 15) is 4.79 Å².